The number of amides is 2. The van der Waals surface area contributed by atoms with E-state index in [1.165, 1.54) is 10.9 Å². The minimum absolute atomic E-state index is 0.193. The van der Waals surface area contributed by atoms with Crippen LogP contribution in [0.2, 0.25) is 0 Å². The fourth-order valence-electron chi connectivity index (χ4n) is 2.90. The summed E-state index contributed by atoms with van der Waals surface area (Å²) in [4.78, 5) is 24.8. The zero-order valence-corrected chi connectivity index (χ0v) is 14.7. The molecule has 0 aliphatic carbocycles. The molecule has 7 heteroatoms. The van der Waals surface area contributed by atoms with E-state index >= 15 is 0 Å². The SMILES string of the molecule is O=C(NNC(=O)c1cccc2ccccc12)c1nn(-c2ccccc2)cc1O. The molecule has 0 saturated heterocycles. The van der Waals surface area contributed by atoms with Crippen LogP contribution in [0.25, 0.3) is 16.5 Å². The second-order valence-electron chi connectivity index (χ2n) is 6.08. The molecule has 4 aromatic rings. The Balaban J connectivity index is 1.50. The highest BCUT2D eigenvalue weighted by atomic mass is 16.3. The number of fused-ring (bicyclic) bond motifs is 1. The maximum Gasteiger partial charge on any atom is 0.294 e. The smallest absolute Gasteiger partial charge is 0.294 e. The maximum absolute atomic E-state index is 12.5. The van der Waals surface area contributed by atoms with Gasteiger partial charge in [-0.2, -0.15) is 5.10 Å². The molecule has 4 rings (SSSR count). The van der Waals surface area contributed by atoms with Gasteiger partial charge in [0, 0.05) is 5.56 Å². The number of aromatic nitrogens is 2. The Morgan fingerprint density at radius 3 is 2.32 bits per heavy atom. The van der Waals surface area contributed by atoms with Crippen LogP contribution in [-0.4, -0.2) is 26.7 Å². The van der Waals surface area contributed by atoms with Crippen molar-refractivity contribution in [3.63, 3.8) is 0 Å². The molecule has 0 fully saturated rings. The first-order valence-electron chi connectivity index (χ1n) is 8.56. The Morgan fingerprint density at radius 1 is 0.821 bits per heavy atom. The van der Waals surface area contributed by atoms with E-state index in [1.807, 2.05) is 48.5 Å². The lowest BCUT2D eigenvalue weighted by Gasteiger charge is -2.08. The number of hydrazine groups is 1. The highest BCUT2D eigenvalue weighted by Crippen LogP contribution is 2.19. The minimum Gasteiger partial charge on any atom is -0.504 e. The largest absolute Gasteiger partial charge is 0.504 e. The number of nitrogens with one attached hydrogen (secondary N) is 2. The summed E-state index contributed by atoms with van der Waals surface area (Å²) in [6, 6.07) is 21.9. The molecule has 28 heavy (non-hydrogen) atoms. The van der Waals surface area contributed by atoms with Crippen LogP contribution in [0.4, 0.5) is 0 Å². The average molecular weight is 372 g/mol. The van der Waals surface area contributed by atoms with Crippen molar-refractivity contribution in [2.45, 2.75) is 0 Å². The Morgan fingerprint density at radius 2 is 1.50 bits per heavy atom. The summed E-state index contributed by atoms with van der Waals surface area (Å²) in [7, 11) is 0. The Kier molecular flexibility index (Phi) is 4.47. The fourth-order valence-corrected chi connectivity index (χ4v) is 2.90. The van der Waals surface area contributed by atoms with Gasteiger partial charge in [-0.25, -0.2) is 4.68 Å². The summed E-state index contributed by atoms with van der Waals surface area (Å²) in [6.07, 6.45) is 1.33. The summed E-state index contributed by atoms with van der Waals surface area (Å²) in [5, 5.41) is 15.8. The van der Waals surface area contributed by atoms with Gasteiger partial charge in [0.25, 0.3) is 11.8 Å². The molecule has 0 aliphatic heterocycles. The third-order valence-corrected chi connectivity index (χ3v) is 4.25. The van der Waals surface area contributed by atoms with Crippen LogP contribution >= 0.6 is 0 Å². The summed E-state index contributed by atoms with van der Waals surface area (Å²) in [6.45, 7) is 0. The van der Waals surface area contributed by atoms with Gasteiger partial charge in [0.2, 0.25) is 0 Å². The summed E-state index contributed by atoms with van der Waals surface area (Å²) >= 11 is 0. The number of carbonyl (C=O) groups excluding carboxylic acids is 2. The van der Waals surface area contributed by atoms with Crippen molar-refractivity contribution in [2.24, 2.45) is 0 Å². The van der Waals surface area contributed by atoms with E-state index in [2.05, 4.69) is 16.0 Å². The van der Waals surface area contributed by atoms with Crippen molar-refractivity contribution in [3.8, 4) is 11.4 Å². The molecule has 3 aromatic carbocycles. The van der Waals surface area contributed by atoms with E-state index in [1.54, 1.807) is 24.3 Å². The van der Waals surface area contributed by atoms with Gasteiger partial charge >= 0.3 is 0 Å². The number of aromatic hydroxyl groups is 1. The number of nitrogens with zero attached hydrogens (tertiary/aromatic N) is 2. The van der Waals surface area contributed by atoms with E-state index in [-0.39, 0.29) is 11.4 Å². The Labute approximate surface area is 160 Å². The number of rotatable bonds is 3. The lowest BCUT2D eigenvalue weighted by atomic mass is 10.0. The molecule has 0 saturated carbocycles. The van der Waals surface area contributed by atoms with Crippen LogP contribution < -0.4 is 10.9 Å². The molecule has 0 unspecified atom stereocenters. The molecular weight excluding hydrogens is 356 g/mol. The van der Waals surface area contributed by atoms with Crippen LogP contribution in [0, 0.1) is 0 Å². The van der Waals surface area contributed by atoms with Crippen molar-refractivity contribution in [1.29, 1.82) is 0 Å². The first-order valence-corrected chi connectivity index (χ1v) is 8.56. The van der Waals surface area contributed by atoms with Crippen molar-refractivity contribution in [1.82, 2.24) is 20.6 Å². The fraction of sp³-hybridized carbons (Fsp3) is 0. The van der Waals surface area contributed by atoms with Crippen LogP contribution in [-0.2, 0) is 0 Å². The first kappa shape index (κ1) is 17.3. The summed E-state index contributed by atoms with van der Waals surface area (Å²) < 4.78 is 1.39. The van der Waals surface area contributed by atoms with Gasteiger partial charge in [-0.15, -0.1) is 0 Å². The van der Waals surface area contributed by atoms with Gasteiger partial charge in [0.05, 0.1) is 11.9 Å². The van der Waals surface area contributed by atoms with Crippen LogP contribution in [0.15, 0.2) is 79.0 Å². The highest BCUT2D eigenvalue weighted by molar-refractivity contribution is 6.08. The topological polar surface area (TPSA) is 96.3 Å². The molecule has 0 aliphatic rings. The second kappa shape index (κ2) is 7.24. The lowest BCUT2D eigenvalue weighted by molar-refractivity contribution is 0.0843. The number of hydrogen-bond acceptors (Lipinski definition) is 4. The van der Waals surface area contributed by atoms with Crippen LogP contribution in [0.3, 0.4) is 0 Å². The molecule has 0 atom stereocenters. The van der Waals surface area contributed by atoms with E-state index in [0.29, 0.717) is 11.3 Å². The van der Waals surface area contributed by atoms with Crippen molar-refractivity contribution >= 4 is 22.6 Å². The average Bonchev–Trinajstić information content (AvgIpc) is 3.14. The predicted octanol–water partition coefficient (Wildman–Crippen LogP) is 2.81. The highest BCUT2D eigenvalue weighted by Gasteiger charge is 2.18. The first-order chi connectivity index (χ1) is 13.6. The monoisotopic (exact) mass is 372 g/mol. The molecule has 1 heterocycles. The molecule has 1 aromatic heterocycles. The molecule has 0 bridgehead atoms. The molecule has 3 N–H and O–H groups in total. The van der Waals surface area contributed by atoms with Gasteiger partial charge in [0.1, 0.15) is 0 Å². The van der Waals surface area contributed by atoms with Gasteiger partial charge in [-0.3, -0.25) is 20.4 Å². The van der Waals surface area contributed by atoms with E-state index in [0.717, 1.165) is 10.8 Å². The Bertz CT molecular complexity index is 1160. The van der Waals surface area contributed by atoms with Crippen LogP contribution in [0.5, 0.6) is 5.75 Å². The predicted molar refractivity (Wildman–Crippen MR) is 104 cm³/mol. The lowest BCUT2D eigenvalue weighted by Crippen LogP contribution is -2.41. The van der Waals surface area contributed by atoms with Gasteiger partial charge < -0.3 is 5.11 Å². The standard InChI is InChI=1S/C21H16N4O3/c26-18-13-25(15-9-2-1-3-10-15)24-19(18)21(28)23-22-20(27)17-12-6-8-14-7-4-5-11-16(14)17/h1-13,26H,(H,22,27)(H,23,28). The van der Waals surface area contributed by atoms with Gasteiger partial charge in [0.15, 0.2) is 11.4 Å². The van der Waals surface area contributed by atoms with Gasteiger partial charge in [-0.05, 0) is 29.0 Å². The molecule has 0 radical (unpaired) electrons. The molecule has 7 nitrogen and oxygen atoms in total. The summed E-state index contributed by atoms with van der Waals surface area (Å²) in [5.74, 6) is -1.48. The molecular formula is C21H16N4O3. The summed E-state index contributed by atoms with van der Waals surface area (Å²) in [5.41, 5.74) is 5.59. The van der Waals surface area contributed by atoms with Gasteiger partial charge in [-0.1, -0.05) is 54.6 Å². The number of para-hydroxylation sites is 1. The third-order valence-electron chi connectivity index (χ3n) is 4.25. The number of carbonyl (C=O) groups is 2. The minimum atomic E-state index is -0.722. The number of hydrogen-bond donors (Lipinski definition) is 3. The van der Waals surface area contributed by atoms with Crippen molar-refractivity contribution in [2.75, 3.05) is 0 Å². The van der Waals surface area contributed by atoms with Crippen molar-refractivity contribution in [3.05, 3.63) is 90.3 Å². The normalized spacial score (nSPS) is 10.6. The molecule has 0 spiro atoms. The Hall–Kier alpha value is -4.13. The number of benzene rings is 3. The molecule has 2 amide bonds. The zero-order chi connectivity index (χ0) is 19.5. The van der Waals surface area contributed by atoms with E-state index in [4.69, 9.17) is 0 Å². The molecule has 138 valence electrons. The van der Waals surface area contributed by atoms with E-state index < -0.39 is 11.8 Å². The second-order valence-corrected chi connectivity index (χ2v) is 6.08. The van der Waals surface area contributed by atoms with Crippen molar-refractivity contribution < 1.29 is 14.7 Å². The zero-order valence-electron chi connectivity index (χ0n) is 14.7. The maximum atomic E-state index is 12.5. The quantitative estimate of drug-likeness (QED) is 0.482. The third kappa shape index (κ3) is 3.28. The van der Waals surface area contributed by atoms with Crippen LogP contribution in [0.1, 0.15) is 20.8 Å². The van der Waals surface area contributed by atoms with E-state index in [9.17, 15) is 14.7 Å².